The first-order chi connectivity index (χ1) is 10.3. The van der Waals surface area contributed by atoms with Gasteiger partial charge < -0.3 is 20.1 Å². The molecule has 116 valence electrons. The summed E-state index contributed by atoms with van der Waals surface area (Å²) in [6, 6.07) is 5.89. The summed E-state index contributed by atoms with van der Waals surface area (Å²) in [5.41, 5.74) is 0.954. The summed E-state index contributed by atoms with van der Waals surface area (Å²) >= 11 is 0. The quantitative estimate of drug-likeness (QED) is 0.497. The first kappa shape index (κ1) is 15.5. The smallest absolute Gasteiger partial charge is 0.195 e. The molecule has 0 atom stereocenters. The number of fused-ring (bicyclic) bond motifs is 1. The van der Waals surface area contributed by atoms with E-state index in [1.165, 1.54) is 0 Å². The molecule has 2 N–H and O–H groups in total. The Bertz CT molecular complexity index is 475. The molecular formula is C16H25N3O2. The largest absolute Gasteiger partial charge is 0.490 e. The van der Waals surface area contributed by atoms with Gasteiger partial charge in [0.15, 0.2) is 17.5 Å². The van der Waals surface area contributed by atoms with Crippen molar-refractivity contribution in [3.8, 4) is 11.5 Å². The molecule has 0 bridgehead atoms. The Balaban J connectivity index is 2.06. The Morgan fingerprint density at radius 2 is 2.00 bits per heavy atom. The normalized spacial score (nSPS) is 14.5. The molecule has 0 aliphatic carbocycles. The Hall–Kier alpha value is -1.91. The van der Waals surface area contributed by atoms with Crippen molar-refractivity contribution in [1.29, 1.82) is 0 Å². The number of hydrogen-bond acceptors (Lipinski definition) is 3. The first-order valence-corrected chi connectivity index (χ1v) is 7.78. The van der Waals surface area contributed by atoms with Crippen LogP contribution < -0.4 is 20.1 Å². The number of aliphatic imine (C=N–C) groups is 1. The standard InChI is InChI=1S/C16H25N3O2/c1-3-5-9-18-16(17-4-2)19-13-7-8-14-15(12-13)21-11-6-10-20-14/h7-8,12H,3-6,9-11H2,1-2H3,(H2,17,18,19). The van der Waals surface area contributed by atoms with Crippen LogP contribution in [0.5, 0.6) is 11.5 Å². The van der Waals surface area contributed by atoms with Crippen LogP contribution in [-0.4, -0.2) is 32.3 Å². The monoisotopic (exact) mass is 291 g/mol. The number of nitrogens with zero attached hydrogens (tertiary/aromatic N) is 1. The van der Waals surface area contributed by atoms with E-state index < -0.39 is 0 Å². The lowest BCUT2D eigenvalue weighted by Gasteiger charge is -2.13. The van der Waals surface area contributed by atoms with E-state index in [9.17, 15) is 0 Å². The van der Waals surface area contributed by atoms with Gasteiger partial charge in [-0.2, -0.15) is 0 Å². The zero-order chi connectivity index (χ0) is 14.9. The molecule has 0 saturated carbocycles. The molecule has 1 aliphatic heterocycles. The number of ether oxygens (including phenoxy) is 2. The van der Waals surface area contributed by atoms with Crippen molar-refractivity contribution in [3.05, 3.63) is 18.2 Å². The molecule has 0 spiro atoms. The molecule has 0 fully saturated rings. The lowest BCUT2D eigenvalue weighted by Crippen LogP contribution is -2.30. The minimum absolute atomic E-state index is 0.696. The molecule has 0 radical (unpaired) electrons. The maximum atomic E-state index is 5.70. The predicted octanol–water partition coefficient (Wildman–Crippen LogP) is 3.03. The average Bonchev–Trinajstić information content (AvgIpc) is 2.72. The van der Waals surface area contributed by atoms with Gasteiger partial charge in [-0.3, -0.25) is 4.99 Å². The van der Waals surface area contributed by atoms with E-state index in [0.29, 0.717) is 13.2 Å². The van der Waals surface area contributed by atoms with Crippen molar-refractivity contribution >= 4 is 11.6 Å². The summed E-state index contributed by atoms with van der Waals surface area (Å²) in [6.45, 7) is 7.30. The molecule has 5 nitrogen and oxygen atoms in total. The van der Waals surface area contributed by atoms with Crippen LogP contribution in [0.3, 0.4) is 0 Å². The van der Waals surface area contributed by atoms with Gasteiger partial charge >= 0.3 is 0 Å². The number of anilines is 1. The highest BCUT2D eigenvalue weighted by Crippen LogP contribution is 2.32. The molecule has 0 saturated heterocycles. The molecule has 0 unspecified atom stereocenters. The summed E-state index contributed by atoms with van der Waals surface area (Å²) in [7, 11) is 0. The van der Waals surface area contributed by atoms with E-state index >= 15 is 0 Å². The molecule has 1 aliphatic rings. The Labute approximate surface area is 126 Å². The molecule has 0 aromatic heterocycles. The number of nitrogens with one attached hydrogen (secondary N) is 2. The second-order valence-electron chi connectivity index (χ2n) is 4.95. The maximum absolute atomic E-state index is 5.70. The average molecular weight is 291 g/mol. The van der Waals surface area contributed by atoms with Crippen molar-refractivity contribution < 1.29 is 9.47 Å². The predicted molar refractivity (Wildman–Crippen MR) is 86.6 cm³/mol. The fraction of sp³-hybridized carbons (Fsp3) is 0.562. The summed E-state index contributed by atoms with van der Waals surface area (Å²) in [4.78, 5) is 4.55. The van der Waals surface area contributed by atoms with Gasteiger partial charge in [0, 0.05) is 31.3 Å². The van der Waals surface area contributed by atoms with Crippen molar-refractivity contribution in [2.24, 2.45) is 4.99 Å². The van der Waals surface area contributed by atoms with E-state index in [1.54, 1.807) is 0 Å². The van der Waals surface area contributed by atoms with Gasteiger partial charge in [-0.05, 0) is 25.5 Å². The third-order valence-corrected chi connectivity index (χ3v) is 3.14. The molecule has 1 aromatic carbocycles. The fourth-order valence-corrected chi connectivity index (χ4v) is 2.03. The van der Waals surface area contributed by atoms with Crippen LogP contribution in [0.1, 0.15) is 33.1 Å². The van der Waals surface area contributed by atoms with Gasteiger partial charge in [-0.25, -0.2) is 0 Å². The number of hydrogen-bond donors (Lipinski definition) is 2. The molecule has 5 heteroatoms. The lowest BCUT2D eigenvalue weighted by molar-refractivity contribution is 0.297. The van der Waals surface area contributed by atoms with Gasteiger partial charge in [0.25, 0.3) is 0 Å². The number of unbranched alkanes of at least 4 members (excludes halogenated alkanes) is 1. The van der Waals surface area contributed by atoms with Crippen LogP contribution >= 0.6 is 0 Å². The van der Waals surface area contributed by atoms with Gasteiger partial charge in [0.1, 0.15) is 0 Å². The van der Waals surface area contributed by atoms with E-state index in [2.05, 4.69) is 29.5 Å². The molecule has 21 heavy (non-hydrogen) atoms. The van der Waals surface area contributed by atoms with Gasteiger partial charge in [-0.1, -0.05) is 13.3 Å². The van der Waals surface area contributed by atoms with E-state index in [4.69, 9.17) is 9.47 Å². The van der Waals surface area contributed by atoms with Crippen molar-refractivity contribution in [2.45, 2.75) is 33.1 Å². The van der Waals surface area contributed by atoms with Gasteiger partial charge in [-0.15, -0.1) is 0 Å². The van der Waals surface area contributed by atoms with Crippen molar-refractivity contribution in [3.63, 3.8) is 0 Å². The van der Waals surface area contributed by atoms with Crippen LogP contribution in [0, 0.1) is 0 Å². The Morgan fingerprint density at radius 3 is 2.76 bits per heavy atom. The number of rotatable bonds is 5. The van der Waals surface area contributed by atoms with Crippen LogP contribution in [0.2, 0.25) is 0 Å². The van der Waals surface area contributed by atoms with Crippen LogP contribution in [0.4, 0.5) is 5.69 Å². The highest BCUT2D eigenvalue weighted by atomic mass is 16.5. The Kier molecular flexibility index (Phi) is 6.19. The second kappa shape index (κ2) is 8.39. The summed E-state index contributed by atoms with van der Waals surface area (Å²) < 4.78 is 11.3. The highest BCUT2D eigenvalue weighted by molar-refractivity contribution is 5.93. The lowest BCUT2D eigenvalue weighted by atomic mass is 10.2. The minimum Gasteiger partial charge on any atom is -0.490 e. The first-order valence-electron chi connectivity index (χ1n) is 7.78. The van der Waals surface area contributed by atoms with Crippen LogP contribution in [0.15, 0.2) is 23.2 Å². The zero-order valence-electron chi connectivity index (χ0n) is 12.9. The highest BCUT2D eigenvalue weighted by Gasteiger charge is 2.11. The zero-order valence-corrected chi connectivity index (χ0v) is 12.9. The maximum Gasteiger partial charge on any atom is 0.195 e. The summed E-state index contributed by atoms with van der Waals surface area (Å²) in [5, 5.41) is 6.56. The van der Waals surface area contributed by atoms with E-state index in [-0.39, 0.29) is 0 Å². The molecule has 1 heterocycles. The van der Waals surface area contributed by atoms with Crippen molar-refractivity contribution in [2.75, 3.05) is 31.6 Å². The molecular weight excluding hydrogens is 266 g/mol. The van der Waals surface area contributed by atoms with E-state index in [1.807, 2.05) is 18.2 Å². The van der Waals surface area contributed by atoms with Gasteiger partial charge in [0.05, 0.1) is 13.2 Å². The van der Waals surface area contributed by atoms with Crippen molar-refractivity contribution in [1.82, 2.24) is 5.32 Å². The summed E-state index contributed by atoms with van der Waals surface area (Å²) in [5.74, 6) is 2.41. The third-order valence-electron chi connectivity index (χ3n) is 3.14. The SMILES string of the molecule is CCCCN=C(NCC)Nc1ccc2c(c1)OCCCO2. The molecule has 0 amide bonds. The summed E-state index contributed by atoms with van der Waals surface area (Å²) in [6.07, 6.45) is 3.16. The fourth-order valence-electron chi connectivity index (χ4n) is 2.03. The third kappa shape index (κ3) is 4.85. The van der Waals surface area contributed by atoms with E-state index in [0.717, 1.165) is 55.5 Å². The topological polar surface area (TPSA) is 54.9 Å². The second-order valence-corrected chi connectivity index (χ2v) is 4.95. The van der Waals surface area contributed by atoms with Gasteiger partial charge in [0.2, 0.25) is 0 Å². The minimum atomic E-state index is 0.696. The van der Waals surface area contributed by atoms with Crippen LogP contribution in [0.25, 0.3) is 0 Å². The number of benzene rings is 1. The molecule has 1 aromatic rings. The Morgan fingerprint density at radius 1 is 1.19 bits per heavy atom. The number of guanidine groups is 1. The molecule has 2 rings (SSSR count). The van der Waals surface area contributed by atoms with Crippen LogP contribution in [-0.2, 0) is 0 Å².